The SMILES string of the molecule is CCN(CC)C(=O)C[C@H]1C(=O)Nc2cc(N)c(Oc3cc(C)cc(O)c3)cc2C(=O)N1C. The third-order valence-electron chi connectivity index (χ3n) is 5.48. The number of rotatable bonds is 6. The van der Waals surface area contributed by atoms with Gasteiger partial charge in [-0.2, -0.15) is 0 Å². The number of nitrogen functional groups attached to an aromatic ring is 1. The lowest BCUT2D eigenvalue weighted by Crippen LogP contribution is -2.46. The van der Waals surface area contributed by atoms with Crippen molar-refractivity contribution in [3.8, 4) is 17.2 Å². The number of carbonyl (C=O) groups is 3. The number of benzene rings is 2. The van der Waals surface area contributed by atoms with Crippen LogP contribution in [-0.4, -0.2) is 58.8 Å². The zero-order valence-corrected chi connectivity index (χ0v) is 18.6. The molecule has 0 radical (unpaired) electrons. The predicted molar refractivity (Wildman–Crippen MR) is 121 cm³/mol. The number of amides is 3. The normalized spacial score (nSPS) is 15.6. The highest BCUT2D eigenvalue weighted by Crippen LogP contribution is 2.36. The summed E-state index contributed by atoms with van der Waals surface area (Å²) in [6.07, 6.45) is -0.120. The summed E-state index contributed by atoms with van der Waals surface area (Å²) < 4.78 is 5.81. The summed E-state index contributed by atoms with van der Waals surface area (Å²) in [5, 5.41) is 12.5. The molecular formula is C23H28N4O5. The average molecular weight is 441 g/mol. The number of nitrogens with two attached hydrogens (primary N) is 1. The molecule has 0 bridgehead atoms. The van der Waals surface area contributed by atoms with Crippen molar-refractivity contribution in [1.82, 2.24) is 9.80 Å². The zero-order valence-electron chi connectivity index (χ0n) is 18.6. The van der Waals surface area contributed by atoms with Crippen LogP contribution < -0.4 is 15.8 Å². The fourth-order valence-electron chi connectivity index (χ4n) is 3.70. The number of anilines is 2. The molecule has 0 aliphatic carbocycles. The van der Waals surface area contributed by atoms with E-state index in [4.69, 9.17) is 10.5 Å². The number of aromatic hydroxyl groups is 1. The van der Waals surface area contributed by atoms with E-state index in [9.17, 15) is 19.5 Å². The first-order valence-electron chi connectivity index (χ1n) is 10.4. The molecule has 170 valence electrons. The summed E-state index contributed by atoms with van der Waals surface area (Å²) in [6.45, 7) is 6.57. The average Bonchev–Trinajstić information content (AvgIpc) is 2.79. The molecule has 1 aliphatic heterocycles. The van der Waals surface area contributed by atoms with Gasteiger partial charge in [-0.1, -0.05) is 0 Å². The second-order valence-corrected chi connectivity index (χ2v) is 7.73. The van der Waals surface area contributed by atoms with Crippen molar-refractivity contribution in [2.24, 2.45) is 0 Å². The van der Waals surface area contributed by atoms with Crippen LogP contribution in [0.4, 0.5) is 11.4 Å². The van der Waals surface area contributed by atoms with Gasteiger partial charge >= 0.3 is 0 Å². The van der Waals surface area contributed by atoms with E-state index in [1.807, 2.05) is 13.8 Å². The first kappa shape index (κ1) is 22.9. The van der Waals surface area contributed by atoms with Crippen LogP contribution in [0.2, 0.25) is 0 Å². The molecule has 9 nitrogen and oxygen atoms in total. The van der Waals surface area contributed by atoms with Crippen LogP contribution in [0.25, 0.3) is 0 Å². The van der Waals surface area contributed by atoms with Crippen LogP contribution in [-0.2, 0) is 9.59 Å². The highest BCUT2D eigenvalue weighted by molar-refractivity contribution is 6.11. The smallest absolute Gasteiger partial charge is 0.256 e. The molecule has 1 atom stereocenters. The molecule has 0 spiro atoms. The number of likely N-dealkylation sites (N-methyl/N-ethyl adjacent to an activating group) is 1. The highest BCUT2D eigenvalue weighted by Gasteiger charge is 2.35. The molecule has 0 saturated carbocycles. The summed E-state index contributed by atoms with van der Waals surface area (Å²) in [5.74, 6) is -0.497. The first-order valence-corrected chi connectivity index (χ1v) is 10.4. The summed E-state index contributed by atoms with van der Waals surface area (Å²) >= 11 is 0. The number of fused-ring (bicyclic) bond motifs is 1. The van der Waals surface area contributed by atoms with E-state index in [0.29, 0.717) is 18.8 Å². The lowest BCUT2D eigenvalue weighted by atomic mass is 10.1. The molecule has 0 unspecified atom stereocenters. The Morgan fingerprint density at radius 2 is 1.88 bits per heavy atom. The van der Waals surface area contributed by atoms with E-state index >= 15 is 0 Å². The molecular weight excluding hydrogens is 412 g/mol. The van der Waals surface area contributed by atoms with Crippen molar-refractivity contribution in [3.63, 3.8) is 0 Å². The molecule has 1 heterocycles. The van der Waals surface area contributed by atoms with Gasteiger partial charge in [-0.3, -0.25) is 14.4 Å². The lowest BCUT2D eigenvalue weighted by Gasteiger charge is -2.26. The third-order valence-corrected chi connectivity index (χ3v) is 5.48. The maximum atomic E-state index is 13.2. The van der Waals surface area contributed by atoms with Crippen molar-refractivity contribution in [3.05, 3.63) is 41.5 Å². The molecule has 1 aliphatic rings. The Labute approximate surface area is 186 Å². The van der Waals surface area contributed by atoms with Gasteiger partial charge in [-0.05, 0) is 50.6 Å². The van der Waals surface area contributed by atoms with E-state index in [2.05, 4.69) is 5.32 Å². The largest absolute Gasteiger partial charge is 0.508 e. The van der Waals surface area contributed by atoms with E-state index < -0.39 is 17.9 Å². The van der Waals surface area contributed by atoms with Crippen LogP contribution >= 0.6 is 0 Å². The lowest BCUT2D eigenvalue weighted by molar-refractivity contribution is -0.134. The summed E-state index contributed by atoms with van der Waals surface area (Å²) in [4.78, 5) is 41.5. The Bertz CT molecular complexity index is 1040. The highest BCUT2D eigenvalue weighted by atomic mass is 16.5. The van der Waals surface area contributed by atoms with E-state index in [-0.39, 0.29) is 40.8 Å². The molecule has 9 heteroatoms. The Morgan fingerprint density at radius 1 is 1.19 bits per heavy atom. The van der Waals surface area contributed by atoms with Crippen molar-refractivity contribution >= 4 is 29.1 Å². The Balaban J connectivity index is 1.92. The fraction of sp³-hybridized carbons (Fsp3) is 0.348. The molecule has 32 heavy (non-hydrogen) atoms. The number of nitrogens with zero attached hydrogens (tertiary/aromatic N) is 2. The molecule has 4 N–H and O–H groups in total. The number of phenols is 1. The molecule has 2 aromatic rings. The number of hydrogen-bond acceptors (Lipinski definition) is 6. The second kappa shape index (κ2) is 9.17. The number of hydrogen-bond donors (Lipinski definition) is 3. The van der Waals surface area contributed by atoms with Crippen LogP contribution in [0.3, 0.4) is 0 Å². The van der Waals surface area contributed by atoms with Gasteiger partial charge in [0.25, 0.3) is 5.91 Å². The van der Waals surface area contributed by atoms with E-state index in [1.165, 1.54) is 30.1 Å². The predicted octanol–water partition coefficient (Wildman–Crippen LogP) is 2.73. The first-order chi connectivity index (χ1) is 15.1. The number of ether oxygens (including phenoxy) is 1. The summed E-state index contributed by atoms with van der Waals surface area (Å²) in [7, 11) is 1.49. The third kappa shape index (κ3) is 4.61. The Hall–Kier alpha value is -3.75. The van der Waals surface area contributed by atoms with Crippen molar-refractivity contribution in [2.45, 2.75) is 33.2 Å². The van der Waals surface area contributed by atoms with Gasteiger partial charge in [-0.25, -0.2) is 0 Å². The van der Waals surface area contributed by atoms with Crippen molar-refractivity contribution < 1.29 is 24.2 Å². The van der Waals surface area contributed by atoms with Crippen LogP contribution in [0.15, 0.2) is 30.3 Å². The number of aryl methyl sites for hydroxylation is 1. The Kier molecular flexibility index (Phi) is 6.57. The van der Waals surface area contributed by atoms with Gasteiger partial charge in [-0.15, -0.1) is 0 Å². The van der Waals surface area contributed by atoms with Crippen molar-refractivity contribution in [2.75, 3.05) is 31.2 Å². The van der Waals surface area contributed by atoms with E-state index in [1.54, 1.807) is 24.0 Å². The number of phenolic OH excluding ortho intramolecular Hbond substituents is 1. The minimum Gasteiger partial charge on any atom is -0.508 e. The topological polar surface area (TPSA) is 125 Å². The second-order valence-electron chi connectivity index (χ2n) is 7.73. The number of nitrogens with one attached hydrogen (secondary N) is 1. The molecule has 2 aromatic carbocycles. The minimum atomic E-state index is -0.956. The standard InChI is InChI=1S/C23H28N4O5/c1-5-27(6-2)21(29)12-19-22(30)25-18-11-17(24)20(10-16(18)23(31)26(19)4)32-15-8-13(3)7-14(28)9-15/h7-11,19,28H,5-6,12,24H2,1-4H3,(H,25,30)/t19-/m0/s1. The van der Waals surface area contributed by atoms with Gasteiger partial charge in [0, 0.05) is 26.2 Å². The maximum Gasteiger partial charge on any atom is 0.256 e. The van der Waals surface area contributed by atoms with Gasteiger partial charge in [0.2, 0.25) is 11.8 Å². The Morgan fingerprint density at radius 3 is 2.50 bits per heavy atom. The molecule has 3 amide bonds. The zero-order chi connectivity index (χ0) is 23.6. The van der Waals surface area contributed by atoms with Crippen LogP contribution in [0.5, 0.6) is 17.2 Å². The molecule has 0 aromatic heterocycles. The fourth-order valence-corrected chi connectivity index (χ4v) is 3.70. The molecule has 3 rings (SSSR count). The number of carbonyl (C=O) groups excluding carboxylic acids is 3. The van der Waals surface area contributed by atoms with Gasteiger partial charge in [0.1, 0.15) is 17.5 Å². The molecule has 0 fully saturated rings. The van der Waals surface area contributed by atoms with Gasteiger partial charge in [0.15, 0.2) is 5.75 Å². The minimum absolute atomic E-state index is 0.0390. The van der Waals surface area contributed by atoms with Crippen LogP contribution in [0.1, 0.15) is 36.2 Å². The van der Waals surface area contributed by atoms with Crippen molar-refractivity contribution in [1.29, 1.82) is 0 Å². The maximum absolute atomic E-state index is 13.2. The summed E-state index contributed by atoms with van der Waals surface area (Å²) in [6, 6.07) is 6.69. The van der Waals surface area contributed by atoms with Gasteiger partial charge in [0.05, 0.1) is 23.4 Å². The quantitative estimate of drug-likeness (QED) is 0.593. The monoisotopic (exact) mass is 440 g/mol. The van der Waals surface area contributed by atoms with Gasteiger partial charge < -0.3 is 30.7 Å². The van der Waals surface area contributed by atoms with Crippen LogP contribution in [0, 0.1) is 6.92 Å². The van der Waals surface area contributed by atoms with E-state index in [0.717, 1.165) is 5.56 Å². The summed E-state index contributed by atoms with van der Waals surface area (Å²) in [5.41, 5.74) is 7.55. The molecule has 0 saturated heterocycles.